The van der Waals surface area contributed by atoms with Gasteiger partial charge in [0, 0.05) is 44.5 Å². The molecule has 9 nitrogen and oxygen atoms in total. The van der Waals surface area contributed by atoms with Crippen molar-refractivity contribution < 1.29 is 70.2 Å². The van der Waals surface area contributed by atoms with Gasteiger partial charge in [-0.25, -0.2) is 27.5 Å². The molecule has 2 heterocycles. The second-order valence-corrected chi connectivity index (χ2v) is 11.5. The molecule has 0 atom stereocenters. The number of alkyl halides is 12. The number of hydrogen-bond acceptors (Lipinski definition) is 9. The predicted octanol–water partition coefficient (Wildman–Crippen LogP) is 9.48. The number of allylic oxidation sites excluding steroid dienone is 8. The van der Waals surface area contributed by atoms with Gasteiger partial charge in [0.25, 0.3) is 0 Å². The van der Waals surface area contributed by atoms with Crippen molar-refractivity contribution in [3.05, 3.63) is 102 Å². The predicted molar refractivity (Wildman–Crippen MR) is 161 cm³/mol. The zero-order valence-corrected chi connectivity index (χ0v) is 27.6. The summed E-state index contributed by atoms with van der Waals surface area (Å²) in [6.07, 6.45) is -24.8. The monoisotopic (exact) mass is 851 g/mol. The molecule has 0 saturated heterocycles. The molecule has 2 aromatic heterocycles. The van der Waals surface area contributed by atoms with E-state index in [1.807, 2.05) is 9.97 Å². The van der Waals surface area contributed by atoms with Gasteiger partial charge in [-0.3, -0.25) is 0 Å². The van der Waals surface area contributed by atoms with Crippen LogP contribution in [0.15, 0.2) is 17.2 Å². The van der Waals surface area contributed by atoms with Crippen molar-refractivity contribution in [2.75, 3.05) is 0 Å². The summed E-state index contributed by atoms with van der Waals surface area (Å²) in [4.78, 5) is 3.97. The lowest BCUT2D eigenvalue weighted by molar-refractivity contribution is -0.155. The van der Waals surface area contributed by atoms with E-state index in [-0.39, 0.29) is 6.07 Å². The maximum atomic E-state index is 15.8. The number of nitriles is 7. The number of pyridine rings is 2. The molecule has 0 unspecified atom stereocenters. The highest BCUT2D eigenvalue weighted by Gasteiger charge is 2.51. The van der Waals surface area contributed by atoms with Crippen LogP contribution in [0.25, 0.3) is 33.4 Å². The van der Waals surface area contributed by atoms with Crippen molar-refractivity contribution in [3.8, 4) is 42.5 Å². The van der Waals surface area contributed by atoms with Crippen LogP contribution in [0, 0.1) is 103 Å². The van der Waals surface area contributed by atoms with Crippen molar-refractivity contribution in [1.82, 2.24) is 9.97 Å². The van der Waals surface area contributed by atoms with Crippen LogP contribution < -0.4 is 0 Å². The van der Waals surface area contributed by atoms with Gasteiger partial charge < -0.3 is 0 Å². The number of nitrogens with zero attached hydrogens (tertiary/aromatic N) is 9. The van der Waals surface area contributed by atoms with Gasteiger partial charge in [0.2, 0.25) is 0 Å². The molecule has 3 aromatic rings. The summed E-state index contributed by atoms with van der Waals surface area (Å²) in [5.41, 5.74) is -36.6. The van der Waals surface area contributed by atoms with Gasteiger partial charge in [0.15, 0.2) is 46.0 Å². The highest BCUT2D eigenvalue weighted by molar-refractivity contribution is 6.31. The Kier molecular flexibility index (Phi) is 10.0. The largest absolute Gasteiger partial charge is 0.436 e. The first kappa shape index (κ1) is 42.9. The minimum Gasteiger partial charge on any atom is -0.233 e. The molecule has 0 bridgehead atoms. The summed E-state index contributed by atoms with van der Waals surface area (Å²) in [7, 11) is 0. The average molecular weight is 851 g/mol. The molecule has 2 aliphatic carbocycles. The Labute approximate surface area is 320 Å². The van der Waals surface area contributed by atoms with Crippen molar-refractivity contribution in [3.63, 3.8) is 0 Å². The SMILES string of the molecule is N#CC(C#N)=C1C(c2c(F)c(C(F)(F)F)nc(C(F)(F)F)c2F)=C(C#N)c2cc3c(c(C#N)c21)C(=C(C#N)C#N)C(c1c(F)c(C(F)(F)F)nc(C(F)(F)F)c1F)=C3C#N. The fraction of sp³-hybridized carbons (Fsp3) is 0.114. The van der Waals surface area contributed by atoms with Crippen molar-refractivity contribution in [2.24, 2.45) is 0 Å². The third kappa shape index (κ3) is 6.24. The van der Waals surface area contributed by atoms with E-state index in [0.29, 0.717) is 0 Å². The number of hydrogen-bond donors (Lipinski definition) is 0. The summed E-state index contributed by atoms with van der Waals surface area (Å²) >= 11 is 0. The van der Waals surface area contributed by atoms with E-state index in [1.54, 1.807) is 0 Å². The molecule has 60 heavy (non-hydrogen) atoms. The van der Waals surface area contributed by atoms with E-state index in [4.69, 9.17) is 0 Å². The smallest absolute Gasteiger partial charge is 0.233 e. The van der Waals surface area contributed by atoms with Crippen LogP contribution in [0.5, 0.6) is 0 Å². The van der Waals surface area contributed by atoms with Gasteiger partial charge in [-0.1, -0.05) is 0 Å². The Morgan fingerprint density at radius 3 is 0.883 bits per heavy atom. The molecule has 5 rings (SSSR count). The van der Waals surface area contributed by atoms with E-state index < -0.39 is 154 Å². The average Bonchev–Trinajstić information content (AvgIpc) is 3.61. The Hall–Kier alpha value is -8.21. The van der Waals surface area contributed by atoms with E-state index >= 15 is 17.6 Å². The molecule has 298 valence electrons. The maximum absolute atomic E-state index is 15.8. The number of fused-ring (bicyclic) bond motifs is 2. The second-order valence-electron chi connectivity index (χ2n) is 11.5. The van der Waals surface area contributed by atoms with Crippen molar-refractivity contribution in [2.45, 2.75) is 24.7 Å². The number of aromatic nitrogens is 2. The van der Waals surface area contributed by atoms with Gasteiger partial charge in [-0.05, 0) is 6.07 Å². The van der Waals surface area contributed by atoms with E-state index in [2.05, 4.69) is 0 Å². The standard InChI is InChI=1S/C35HF16N9/c36-24-22(25(37)29(33(43,44)45)59-28(24)32(40,41)42)20-13(6-56)11-1-12-14(7-57)21(23-26(38)30(34(46,47)48)60-31(27(23)39)35(49,50)51)17(10(4-54)5-55)19(12)15(8-58)18(11)16(20)9(2-52)3-53/h1H. The molecule has 0 spiro atoms. The number of rotatable bonds is 2. The fourth-order valence-corrected chi connectivity index (χ4v) is 6.26. The molecule has 0 N–H and O–H groups in total. The lowest BCUT2D eigenvalue weighted by atomic mass is 9.84. The minimum atomic E-state index is -6.19. The van der Waals surface area contributed by atoms with Crippen LogP contribution in [0.1, 0.15) is 61.7 Å². The lowest BCUT2D eigenvalue weighted by Gasteiger charge is -2.19. The van der Waals surface area contributed by atoms with Gasteiger partial charge in [0.05, 0.1) is 27.8 Å². The van der Waals surface area contributed by atoms with E-state index in [1.165, 1.54) is 6.07 Å². The van der Waals surface area contributed by atoms with Crippen LogP contribution in [0.4, 0.5) is 70.2 Å². The van der Waals surface area contributed by atoms with Crippen molar-refractivity contribution >= 4 is 33.4 Å². The van der Waals surface area contributed by atoms with Gasteiger partial charge in [-0.15, -0.1) is 0 Å². The molecular formula is C35HF16N9. The zero-order chi connectivity index (χ0) is 45.4. The topological polar surface area (TPSA) is 192 Å². The molecule has 0 fully saturated rings. The first-order valence-corrected chi connectivity index (χ1v) is 14.8. The summed E-state index contributed by atoms with van der Waals surface area (Å²) in [5, 5.41) is 70.2. The van der Waals surface area contributed by atoms with E-state index in [0.717, 1.165) is 36.4 Å². The summed E-state index contributed by atoms with van der Waals surface area (Å²) in [5.74, 6) is -12.0. The van der Waals surface area contributed by atoms with Crippen LogP contribution in [0.3, 0.4) is 0 Å². The van der Waals surface area contributed by atoms with Crippen LogP contribution in [-0.2, 0) is 24.7 Å². The Balaban J connectivity index is 2.15. The van der Waals surface area contributed by atoms with Gasteiger partial charge in [-0.2, -0.15) is 89.5 Å². The lowest BCUT2D eigenvalue weighted by Crippen LogP contribution is -2.21. The Morgan fingerprint density at radius 2 is 0.683 bits per heavy atom. The number of halogens is 16. The zero-order valence-electron chi connectivity index (χ0n) is 27.6. The molecule has 2 aliphatic rings. The van der Waals surface area contributed by atoms with Crippen LogP contribution in [0.2, 0.25) is 0 Å². The highest BCUT2D eigenvalue weighted by Crippen LogP contribution is 2.58. The second kappa shape index (κ2) is 14.0. The third-order valence-electron chi connectivity index (χ3n) is 8.38. The van der Waals surface area contributed by atoms with Gasteiger partial charge in [0.1, 0.15) is 53.6 Å². The van der Waals surface area contributed by atoms with E-state index in [9.17, 15) is 89.5 Å². The highest BCUT2D eigenvalue weighted by atomic mass is 19.4. The minimum absolute atomic E-state index is 0.278. The normalized spacial score (nSPS) is 13.7. The number of benzene rings is 1. The van der Waals surface area contributed by atoms with Crippen molar-refractivity contribution in [1.29, 1.82) is 36.8 Å². The molecule has 0 radical (unpaired) electrons. The van der Waals surface area contributed by atoms with Crippen LogP contribution in [-0.4, -0.2) is 9.97 Å². The molecule has 1 aromatic carbocycles. The third-order valence-corrected chi connectivity index (χ3v) is 8.38. The quantitative estimate of drug-likeness (QED) is 0.178. The molecule has 25 heteroatoms. The summed E-state index contributed by atoms with van der Waals surface area (Å²) in [6.45, 7) is 0. The first-order valence-electron chi connectivity index (χ1n) is 14.8. The molecule has 0 saturated carbocycles. The van der Waals surface area contributed by atoms with Crippen LogP contribution >= 0.6 is 0 Å². The maximum Gasteiger partial charge on any atom is 0.436 e. The molecule has 0 aliphatic heterocycles. The Bertz CT molecular complexity index is 2680. The molecule has 0 amide bonds. The van der Waals surface area contributed by atoms with Gasteiger partial charge >= 0.3 is 24.7 Å². The summed E-state index contributed by atoms with van der Waals surface area (Å²) in [6, 6.07) is 7.97. The fourth-order valence-electron chi connectivity index (χ4n) is 6.26. The first-order chi connectivity index (χ1) is 27.7. The summed E-state index contributed by atoms with van der Waals surface area (Å²) < 4.78 is 230. The molecular weight excluding hydrogens is 850 g/mol. The Morgan fingerprint density at radius 1 is 0.417 bits per heavy atom.